The number of ether oxygens (including phenoxy) is 1. The van der Waals surface area contributed by atoms with Gasteiger partial charge in [-0.15, -0.1) is 5.10 Å². The Kier molecular flexibility index (Phi) is 4.85. The third kappa shape index (κ3) is 3.96. The number of anilines is 1. The maximum atomic E-state index is 12.0. The van der Waals surface area contributed by atoms with Crippen LogP contribution in [-0.2, 0) is 9.53 Å². The third-order valence-electron chi connectivity index (χ3n) is 3.86. The third-order valence-corrected chi connectivity index (χ3v) is 3.86. The van der Waals surface area contributed by atoms with Gasteiger partial charge in [0.2, 0.25) is 5.91 Å². The van der Waals surface area contributed by atoms with Gasteiger partial charge in [0.05, 0.1) is 18.0 Å². The number of hydrogen-bond donors (Lipinski definition) is 2. The highest BCUT2D eigenvalue weighted by Gasteiger charge is 2.16. The van der Waals surface area contributed by atoms with Crippen LogP contribution < -0.4 is 5.32 Å². The zero-order valence-corrected chi connectivity index (χ0v) is 13.0. The van der Waals surface area contributed by atoms with E-state index in [0.717, 1.165) is 25.7 Å². The van der Waals surface area contributed by atoms with Gasteiger partial charge in [-0.25, -0.2) is 9.48 Å². The fourth-order valence-electron chi connectivity index (χ4n) is 2.66. The van der Waals surface area contributed by atoms with Gasteiger partial charge in [-0.2, -0.15) is 0 Å². The normalized spacial score (nSPS) is 14.7. The molecule has 0 aliphatic heterocycles. The van der Waals surface area contributed by atoms with Crippen LogP contribution in [0.3, 0.4) is 0 Å². The molecule has 2 N–H and O–H groups in total. The Balaban J connectivity index is 1.61. The Morgan fingerprint density at radius 3 is 2.83 bits per heavy atom. The molecule has 0 bridgehead atoms. The van der Waals surface area contributed by atoms with Crippen molar-refractivity contribution in [3.05, 3.63) is 36.2 Å². The molecule has 0 radical (unpaired) electrons. The molecule has 126 valence electrons. The standard InChI is InChI=1S/C16H18N4O4/c21-15(10-24-13-6-1-2-7-13)17-11-4-3-5-12(8-11)20-9-14(16(22)23)18-19-20/h3-5,8-9,13H,1-2,6-7,10H2,(H,17,21)(H,22,23). The Labute approximate surface area is 138 Å². The Hall–Kier alpha value is -2.74. The van der Waals surface area contributed by atoms with Gasteiger partial charge in [-0.05, 0) is 31.0 Å². The van der Waals surface area contributed by atoms with Gasteiger partial charge in [-0.3, -0.25) is 4.79 Å². The minimum absolute atomic E-state index is 0.0291. The van der Waals surface area contributed by atoms with E-state index >= 15 is 0 Å². The van der Waals surface area contributed by atoms with Crippen molar-refractivity contribution in [1.29, 1.82) is 0 Å². The van der Waals surface area contributed by atoms with E-state index in [9.17, 15) is 9.59 Å². The predicted octanol–water partition coefficient (Wildman–Crippen LogP) is 1.86. The smallest absolute Gasteiger partial charge is 0.358 e. The molecule has 2 aromatic rings. The lowest BCUT2D eigenvalue weighted by Crippen LogP contribution is -2.21. The van der Waals surface area contributed by atoms with Gasteiger partial charge in [-0.1, -0.05) is 24.1 Å². The second-order valence-corrected chi connectivity index (χ2v) is 5.67. The maximum Gasteiger partial charge on any atom is 0.358 e. The molecule has 1 aliphatic carbocycles. The number of hydrogen-bond acceptors (Lipinski definition) is 5. The minimum Gasteiger partial charge on any atom is -0.476 e. The van der Waals surface area contributed by atoms with Crippen molar-refractivity contribution in [2.45, 2.75) is 31.8 Å². The van der Waals surface area contributed by atoms with Crippen LogP contribution in [0.2, 0.25) is 0 Å². The number of rotatable bonds is 6. The predicted molar refractivity (Wildman–Crippen MR) is 85.2 cm³/mol. The van der Waals surface area contributed by atoms with E-state index in [1.165, 1.54) is 10.9 Å². The molecule has 24 heavy (non-hydrogen) atoms. The second-order valence-electron chi connectivity index (χ2n) is 5.67. The van der Waals surface area contributed by atoms with Crippen LogP contribution in [0.25, 0.3) is 5.69 Å². The SMILES string of the molecule is O=C(COC1CCCC1)Nc1cccc(-n2cc(C(=O)O)nn2)c1. The van der Waals surface area contributed by atoms with Crippen LogP contribution in [0.5, 0.6) is 0 Å². The maximum absolute atomic E-state index is 12.0. The number of nitrogens with one attached hydrogen (secondary N) is 1. The zero-order chi connectivity index (χ0) is 16.9. The van der Waals surface area contributed by atoms with E-state index in [1.807, 2.05) is 0 Å². The minimum atomic E-state index is -1.14. The molecule has 1 fully saturated rings. The summed E-state index contributed by atoms with van der Waals surface area (Å²) >= 11 is 0. The second kappa shape index (κ2) is 7.22. The lowest BCUT2D eigenvalue weighted by atomic mass is 10.2. The van der Waals surface area contributed by atoms with Crippen LogP contribution >= 0.6 is 0 Å². The van der Waals surface area contributed by atoms with E-state index in [1.54, 1.807) is 24.3 Å². The van der Waals surface area contributed by atoms with Crippen LogP contribution in [0.15, 0.2) is 30.5 Å². The summed E-state index contributed by atoms with van der Waals surface area (Å²) in [7, 11) is 0. The summed E-state index contributed by atoms with van der Waals surface area (Å²) in [6.45, 7) is 0.0291. The average molecular weight is 330 g/mol. The molecule has 1 heterocycles. The molecule has 1 aliphatic rings. The number of carboxylic acid groups (broad SMARTS) is 1. The molecule has 8 nitrogen and oxygen atoms in total. The number of benzene rings is 1. The monoisotopic (exact) mass is 330 g/mol. The highest BCUT2D eigenvalue weighted by atomic mass is 16.5. The largest absolute Gasteiger partial charge is 0.476 e. The van der Waals surface area contributed by atoms with Gasteiger partial charge >= 0.3 is 5.97 Å². The lowest BCUT2D eigenvalue weighted by molar-refractivity contribution is -0.122. The van der Waals surface area contributed by atoms with Crippen molar-refractivity contribution >= 4 is 17.6 Å². The number of carbonyl (C=O) groups is 2. The summed E-state index contributed by atoms with van der Waals surface area (Å²) in [5.74, 6) is -1.36. The first kappa shape index (κ1) is 16.1. The Morgan fingerprint density at radius 2 is 2.12 bits per heavy atom. The Morgan fingerprint density at radius 1 is 1.33 bits per heavy atom. The number of aromatic carboxylic acids is 1. The van der Waals surface area contributed by atoms with Crippen LogP contribution in [0.1, 0.15) is 36.2 Å². The quantitative estimate of drug-likeness (QED) is 0.837. The molecule has 0 saturated heterocycles. The number of carbonyl (C=O) groups excluding carboxylic acids is 1. The molecular weight excluding hydrogens is 312 g/mol. The molecule has 0 unspecified atom stereocenters. The van der Waals surface area contributed by atoms with Gasteiger partial charge in [0.25, 0.3) is 0 Å². The van der Waals surface area contributed by atoms with Crippen molar-refractivity contribution < 1.29 is 19.4 Å². The molecule has 1 amide bonds. The highest BCUT2D eigenvalue weighted by Crippen LogP contribution is 2.21. The molecule has 1 aromatic heterocycles. The molecule has 3 rings (SSSR count). The van der Waals surface area contributed by atoms with E-state index in [-0.39, 0.29) is 24.3 Å². The molecule has 8 heteroatoms. The first-order valence-corrected chi connectivity index (χ1v) is 7.79. The summed E-state index contributed by atoms with van der Waals surface area (Å²) in [5.41, 5.74) is 1.04. The van der Waals surface area contributed by atoms with Crippen LogP contribution in [0, 0.1) is 0 Å². The summed E-state index contributed by atoms with van der Waals surface area (Å²) in [4.78, 5) is 22.8. The summed E-state index contributed by atoms with van der Waals surface area (Å²) in [5, 5.41) is 19.0. The van der Waals surface area contributed by atoms with Crippen molar-refractivity contribution in [2.24, 2.45) is 0 Å². The van der Waals surface area contributed by atoms with Crippen LogP contribution in [-0.4, -0.2) is 44.7 Å². The zero-order valence-electron chi connectivity index (χ0n) is 13.0. The summed E-state index contributed by atoms with van der Waals surface area (Å²) in [6.07, 6.45) is 5.84. The summed E-state index contributed by atoms with van der Waals surface area (Å²) < 4.78 is 6.92. The molecule has 0 atom stereocenters. The van der Waals surface area contributed by atoms with Crippen LogP contribution in [0.4, 0.5) is 5.69 Å². The number of aromatic nitrogens is 3. The molecular formula is C16H18N4O4. The van der Waals surface area contributed by atoms with E-state index in [4.69, 9.17) is 9.84 Å². The lowest BCUT2D eigenvalue weighted by Gasteiger charge is -2.11. The van der Waals surface area contributed by atoms with E-state index < -0.39 is 5.97 Å². The van der Waals surface area contributed by atoms with Crippen molar-refractivity contribution in [3.8, 4) is 5.69 Å². The number of nitrogens with zero attached hydrogens (tertiary/aromatic N) is 3. The highest BCUT2D eigenvalue weighted by molar-refractivity contribution is 5.92. The van der Waals surface area contributed by atoms with Crippen molar-refractivity contribution in [3.63, 3.8) is 0 Å². The van der Waals surface area contributed by atoms with Crippen molar-refractivity contribution in [1.82, 2.24) is 15.0 Å². The van der Waals surface area contributed by atoms with Gasteiger partial charge in [0.1, 0.15) is 6.61 Å². The Bertz CT molecular complexity index is 737. The van der Waals surface area contributed by atoms with Gasteiger partial charge < -0.3 is 15.2 Å². The first-order chi connectivity index (χ1) is 11.6. The average Bonchev–Trinajstić information content (AvgIpc) is 3.25. The molecule has 1 saturated carbocycles. The van der Waals surface area contributed by atoms with E-state index in [2.05, 4.69) is 15.6 Å². The first-order valence-electron chi connectivity index (χ1n) is 7.79. The van der Waals surface area contributed by atoms with Gasteiger partial charge in [0, 0.05) is 5.69 Å². The van der Waals surface area contributed by atoms with Gasteiger partial charge in [0.15, 0.2) is 5.69 Å². The topological polar surface area (TPSA) is 106 Å². The van der Waals surface area contributed by atoms with Crippen molar-refractivity contribution in [2.75, 3.05) is 11.9 Å². The fourth-order valence-corrected chi connectivity index (χ4v) is 2.66. The number of carboxylic acids is 1. The molecule has 0 spiro atoms. The number of amides is 1. The fraction of sp³-hybridized carbons (Fsp3) is 0.375. The molecule has 1 aromatic carbocycles. The summed E-state index contributed by atoms with van der Waals surface area (Å²) in [6, 6.07) is 6.91. The van der Waals surface area contributed by atoms with E-state index in [0.29, 0.717) is 11.4 Å².